The van der Waals surface area contributed by atoms with Crippen molar-refractivity contribution in [3.8, 4) is 12.3 Å². The Hall–Kier alpha value is -3.58. The van der Waals surface area contributed by atoms with Crippen molar-refractivity contribution in [2.75, 3.05) is 11.9 Å². The Morgan fingerprint density at radius 2 is 1.63 bits per heavy atom. The smallest absolute Gasteiger partial charge is 0.255 e. The van der Waals surface area contributed by atoms with E-state index in [1.54, 1.807) is 11.0 Å². The molecular weight excluding hydrogens is 432 g/mol. The molecule has 0 saturated heterocycles. The molecule has 0 radical (unpaired) electrons. The fraction of sp³-hybridized carbons (Fsp3) is 0.355. The third-order valence-corrected chi connectivity index (χ3v) is 6.62. The predicted molar refractivity (Wildman–Crippen MR) is 145 cm³/mol. The monoisotopic (exact) mass is 468 g/mol. The van der Waals surface area contributed by atoms with E-state index < -0.39 is 6.04 Å². The van der Waals surface area contributed by atoms with E-state index in [-0.39, 0.29) is 24.3 Å². The topological polar surface area (TPSA) is 49.4 Å². The van der Waals surface area contributed by atoms with Crippen LogP contribution in [0.5, 0.6) is 0 Å². The molecule has 1 aliphatic carbocycles. The van der Waals surface area contributed by atoms with Crippen molar-refractivity contribution >= 4 is 28.3 Å². The summed E-state index contributed by atoms with van der Waals surface area (Å²) in [5.41, 5.74) is 2.19. The van der Waals surface area contributed by atoms with Crippen LogP contribution in [0.15, 0.2) is 66.7 Å². The van der Waals surface area contributed by atoms with Crippen LogP contribution < -0.4 is 5.32 Å². The SMILES string of the molecule is C#CCN(C(=O)c1ccccc1C)C(C(=O)Nc1ccc2ccccc2c1)C1CCCCC1.CC. The average Bonchev–Trinajstić information content (AvgIpc) is 2.90. The number of anilines is 1. The molecule has 4 nitrogen and oxygen atoms in total. The van der Waals surface area contributed by atoms with Crippen LogP contribution in [0.1, 0.15) is 61.9 Å². The van der Waals surface area contributed by atoms with Gasteiger partial charge in [0.25, 0.3) is 5.91 Å². The largest absolute Gasteiger partial charge is 0.324 e. The minimum atomic E-state index is -0.611. The summed E-state index contributed by atoms with van der Waals surface area (Å²) in [6.45, 7) is 6.01. The van der Waals surface area contributed by atoms with Crippen LogP contribution in [0.3, 0.4) is 0 Å². The van der Waals surface area contributed by atoms with Gasteiger partial charge in [0.2, 0.25) is 5.91 Å². The minimum Gasteiger partial charge on any atom is -0.324 e. The number of hydrogen-bond acceptors (Lipinski definition) is 2. The number of aryl methyl sites for hydroxylation is 1. The Balaban J connectivity index is 0.00000167. The molecule has 3 aromatic rings. The van der Waals surface area contributed by atoms with E-state index >= 15 is 0 Å². The Morgan fingerprint density at radius 1 is 0.971 bits per heavy atom. The molecule has 0 aromatic heterocycles. The van der Waals surface area contributed by atoms with Crippen LogP contribution in [-0.4, -0.2) is 29.3 Å². The molecule has 0 bridgehead atoms. The number of fused-ring (bicyclic) bond motifs is 1. The van der Waals surface area contributed by atoms with Gasteiger partial charge in [-0.25, -0.2) is 0 Å². The Bertz CT molecular complexity index is 1190. The van der Waals surface area contributed by atoms with Gasteiger partial charge >= 0.3 is 0 Å². The lowest BCUT2D eigenvalue weighted by atomic mass is 9.82. The van der Waals surface area contributed by atoms with Crippen molar-refractivity contribution in [3.05, 3.63) is 77.9 Å². The second kappa shape index (κ2) is 12.8. The van der Waals surface area contributed by atoms with Gasteiger partial charge in [0.15, 0.2) is 0 Å². The first kappa shape index (κ1) is 26.0. The van der Waals surface area contributed by atoms with E-state index in [9.17, 15) is 9.59 Å². The van der Waals surface area contributed by atoms with E-state index in [1.807, 2.05) is 81.4 Å². The number of amides is 2. The van der Waals surface area contributed by atoms with Crippen molar-refractivity contribution in [3.63, 3.8) is 0 Å². The van der Waals surface area contributed by atoms with Gasteiger partial charge in [-0.2, -0.15) is 0 Å². The van der Waals surface area contributed by atoms with Crippen molar-refractivity contribution < 1.29 is 9.59 Å². The average molecular weight is 469 g/mol. The van der Waals surface area contributed by atoms with Crippen LogP contribution in [-0.2, 0) is 4.79 Å². The summed E-state index contributed by atoms with van der Waals surface area (Å²) in [5.74, 6) is 2.35. The Kier molecular flexibility index (Phi) is 9.49. The lowest BCUT2D eigenvalue weighted by Gasteiger charge is -2.37. The molecule has 4 rings (SSSR count). The van der Waals surface area contributed by atoms with Crippen molar-refractivity contribution in [1.29, 1.82) is 0 Å². The molecule has 0 heterocycles. The van der Waals surface area contributed by atoms with Gasteiger partial charge in [0.1, 0.15) is 6.04 Å². The van der Waals surface area contributed by atoms with Crippen molar-refractivity contribution in [2.45, 2.75) is 58.9 Å². The highest BCUT2D eigenvalue weighted by Gasteiger charge is 2.37. The van der Waals surface area contributed by atoms with E-state index in [0.717, 1.165) is 54.1 Å². The molecule has 1 fully saturated rings. The quantitative estimate of drug-likeness (QED) is 0.403. The zero-order valence-corrected chi connectivity index (χ0v) is 21.1. The molecular formula is C31H36N2O2. The fourth-order valence-electron chi connectivity index (χ4n) is 4.91. The van der Waals surface area contributed by atoms with Crippen molar-refractivity contribution in [2.24, 2.45) is 5.92 Å². The van der Waals surface area contributed by atoms with Gasteiger partial charge in [-0.15, -0.1) is 6.42 Å². The standard InChI is InChI=1S/C29H30N2O2.C2H6/c1-3-19-31(29(33)26-16-10-7-11-21(26)2)27(23-13-5-4-6-14-23)28(32)30-25-18-17-22-12-8-9-15-24(22)20-25;1-2/h1,7-12,15-18,20,23,27H,4-6,13-14,19H2,2H3,(H,30,32);1-2H3. The fourth-order valence-corrected chi connectivity index (χ4v) is 4.91. The zero-order chi connectivity index (χ0) is 25.2. The first-order valence-corrected chi connectivity index (χ1v) is 12.7. The van der Waals surface area contributed by atoms with E-state index in [2.05, 4.69) is 11.2 Å². The molecule has 0 spiro atoms. The summed E-state index contributed by atoms with van der Waals surface area (Å²) in [6.07, 6.45) is 10.8. The third-order valence-electron chi connectivity index (χ3n) is 6.62. The van der Waals surface area contributed by atoms with Gasteiger partial charge in [0, 0.05) is 11.3 Å². The van der Waals surface area contributed by atoms with Gasteiger partial charge in [0.05, 0.1) is 6.54 Å². The van der Waals surface area contributed by atoms with E-state index in [1.165, 1.54) is 0 Å². The number of nitrogens with one attached hydrogen (secondary N) is 1. The molecule has 1 unspecified atom stereocenters. The maximum absolute atomic E-state index is 13.7. The Labute approximate surface area is 209 Å². The van der Waals surface area contributed by atoms with Crippen LogP contribution in [0.25, 0.3) is 10.8 Å². The van der Waals surface area contributed by atoms with Crippen LogP contribution in [0.2, 0.25) is 0 Å². The molecule has 1 saturated carbocycles. The number of hydrogen-bond donors (Lipinski definition) is 1. The van der Waals surface area contributed by atoms with E-state index in [0.29, 0.717) is 5.56 Å². The highest BCUT2D eigenvalue weighted by molar-refractivity contribution is 6.03. The molecule has 1 aliphatic rings. The highest BCUT2D eigenvalue weighted by atomic mass is 16.2. The van der Waals surface area contributed by atoms with Crippen molar-refractivity contribution in [1.82, 2.24) is 4.90 Å². The number of benzene rings is 3. The Morgan fingerprint density at radius 3 is 2.31 bits per heavy atom. The summed E-state index contributed by atoms with van der Waals surface area (Å²) < 4.78 is 0. The summed E-state index contributed by atoms with van der Waals surface area (Å²) in [4.78, 5) is 28.9. The van der Waals surface area contributed by atoms with Crippen LogP contribution in [0.4, 0.5) is 5.69 Å². The molecule has 182 valence electrons. The summed E-state index contributed by atoms with van der Waals surface area (Å²) in [7, 11) is 0. The molecule has 3 aromatic carbocycles. The highest BCUT2D eigenvalue weighted by Crippen LogP contribution is 2.31. The predicted octanol–water partition coefficient (Wildman–Crippen LogP) is 6.84. The van der Waals surface area contributed by atoms with Crippen LogP contribution in [0, 0.1) is 25.2 Å². The maximum atomic E-state index is 13.7. The zero-order valence-electron chi connectivity index (χ0n) is 21.1. The van der Waals surface area contributed by atoms with Gasteiger partial charge in [-0.3, -0.25) is 9.59 Å². The first-order chi connectivity index (χ1) is 17.1. The van der Waals surface area contributed by atoms with E-state index in [4.69, 9.17) is 6.42 Å². The molecule has 1 N–H and O–H groups in total. The normalized spacial score (nSPS) is 14.2. The minimum absolute atomic E-state index is 0.0838. The first-order valence-electron chi connectivity index (χ1n) is 12.7. The van der Waals surface area contributed by atoms with Crippen LogP contribution >= 0.6 is 0 Å². The maximum Gasteiger partial charge on any atom is 0.255 e. The molecule has 1 atom stereocenters. The summed E-state index contributed by atoms with van der Waals surface area (Å²) in [5, 5.41) is 5.26. The molecule has 4 heteroatoms. The second-order valence-corrected chi connectivity index (χ2v) is 8.85. The number of terminal acetylenes is 1. The van der Waals surface area contributed by atoms with Gasteiger partial charge < -0.3 is 10.2 Å². The van der Waals surface area contributed by atoms with Gasteiger partial charge in [-0.1, -0.05) is 87.6 Å². The molecule has 0 aliphatic heterocycles. The lowest BCUT2D eigenvalue weighted by molar-refractivity contribution is -0.122. The lowest BCUT2D eigenvalue weighted by Crippen LogP contribution is -2.52. The summed E-state index contributed by atoms with van der Waals surface area (Å²) >= 11 is 0. The van der Waals surface area contributed by atoms with Gasteiger partial charge in [-0.05, 0) is 60.2 Å². The number of nitrogens with zero attached hydrogens (tertiary/aromatic N) is 1. The number of carbonyl (C=O) groups excluding carboxylic acids is 2. The molecule has 2 amide bonds. The second-order valence-electron chi connectivity index (χ2n) is 8.85. The number of rotatable bonds is 6. The third kappa shape index (κ3) is 6.31. The molecule has 35 heavy (non-hydrogen) atoms. The summed E-state index contributed by atoms with van der Waals surface area (Å²) in [6, 6.07) is 20.8. The number of carbonyl (C=O) groups is 2.